The number of amides is 2. The summed E-state index contributed by atoms with van der Waals surface area (Å²) in [7, 11) is 0. The number of fused-ring (bicyclic) bond motifs is 1. The first-order valence-corrected chi connectivity index (χ1v) is 12.5. The molecule has 34 heavy (non-hydrogen) atoms. The molecule has 0 saturated carbocycles. The van der Waals surface area contributed by atoms with E-state index in [2.05, 4.69) is 16.1 Å². The fourth-order valence-corrected chi connectivity index (χ4v) is 5.01. The first-order valence-electron chi connectivity index (χ1n) is 11.7. The number of aryl methyl sites for hydroxylation is 2. The Balaban J connectivity index is 1.22. The van der Waals surface area contributed by atoms with E-state index in [4.69, 9.17) is 28.2 Å². The lowest BCUT2D eigenvalue weighted by Crippen LogP contribution is -2.43. The van der Waals surface area contributed by atoms with Crippen LogP contribution < -0.4 is 5.32 Å². The fraction of sp³-hybridized carbons (Fsp3) is 0.346. The summed E-state index contributed by atoms with van der Waals surface area (Å²) in [6.45, 7) is 2.03. The van der Waals surface area contributed by atoms with Gasteiger partial charge in [0, 0.05) is 49.1 Å². The number of piperidine rings is 1. The zero-order chi connectivity index (χ0) is 23.7. The van der Waals surface area contributed by atoms with Gasteiger partial charge in [-0.1, -0.05) is 35.3 Å². The first kappa shape index (κ1) is 22.9. The average molecular weight is 497 g/mol. The van der Waals surface area contributed by atoms with E-state index in [0.29, 0.717) is 28.7 Å². The zero-order valence-electron chi connectivity index (χ0n) is 18.8. The van der Waals surface area contributed by atoms with Crippen molar-refractivity contribution in [1.29, 1.82) is 0 Å². The molecule has 5 rings (SSSR count). The molecule has 6 nitrogen and oxygen atoms in total. The second-order valence-corrected chi connectivity index (χ2v) is 9.79. The predicted octanol–water partition coefficient (Wildman–Crippen LogP) is 5.68. The van der Waals surface area contributed by atoms with Gasteiger partial charge >= 0.3 is 0 Å². The third kappa shape index (κ3) is 4.84. The van der Waals surface area contributed by atoms with Crippen molar-refractivity contribution in [3.8, 4) is 11.3 Å². The Morgan fingerprint density at radius 2 is 1.79 bits per heavy atom. The van der Waals surface area contributed by atoms with Gasteiger partial charge in [0.1, 0.15) is 5.82 Å². The molecule has 3 aromatic rings. The maximum absolute atomic E-state index is 13.0. The third-order valence-corrected chi connectivity index (χ3v) is 7.34. The highest BCUT2D eigenvalue weighted by Gasteiger charge is 2.29. The molecule has 1 aromatic heterocycles. The normalized spacial score (nSPS) is 17.8. The van der Waals surface area contributed by atoms with E-state index in [0.717, 1.165) is 48.6 Å². The number of hydrogen-bond donors (Lipinski definition) is 1. The fourth-order valence-electron chi connectivity index (χ4n) is 4.71. The van der Waals surface area contributed by atoms with Crippen molar-refractivity contribution in [3.05, 3.63) is 70.1 Å². The van der Waals surface area contributed by atoms with Crippen LogP contribution in [0.3, 0.4) is 0 Å². The number of aromatic nitrogens is 2. The summed E-state index contributed by atoms with van der Waals surface area (Å²) in [5, 5.41) is 3.77. The number of hydrogen-bond acceptors (Lipinski definition) is 3. The second-order valence-electron chi connectivity index (χ2n) is 8.98. The molecule has 2 aliphatic heterocycles. The number of nitrogens with one attached hydrogen (secondary N) is 1. The molecule has 3 heterocycles. The van der Waals surface area contributed by atoms with Crippen molar-refractivity contribution in [2.75, 3.05) is 18.4 Å². The molecule has 1 N–H and O–H groups in total. The van der Waals surface area contributed by atoms with Gasteiger partial charge in [-0.2, -0.15) is 0 Å². The van der Waals surface area contributed by atoms with E-state index in [1.165, 1.54) is 12.8 Å². The largest absolute Gasteiger partial charge is 0.338 e. The monoisotopic (exact) mass is 496 g/mol. The Morgan fingerprint density at radius 1 is 0.971 bits per heavy atom. The molecule has 2 aliphatic rings. The lowest BCUT2D eigenvalue weighted by atomic mass is 9.96. The molecule has 2 aromatic carbocycles. The third-order valence-electron chi connectivity index (χ3n) is 6.60. The zero-order valence-corrected chi connectivity index (χ0v) is 20.3. The van der Waals surface area contributed by atoms with Gasteiger partial charge in [0.25, 0.3) is 5.91 Å². The second kappa shape index (κ2) is 9.80. The topological polar surface area (TPSA) is 67.2 Å². The van der Waals surface area contributed by atoms with Gasteiger partial charge in [-0.05, 0) is 56.0 Å². The van der Waals surface area contributed by atoms with Crippen LogP contribution in [0.15, 0.2) is 48.7 Å². The summed E-state index contributed by atoms with van der Waals surface area (Å²) in [5.41, 5.74) is 3.23. The summed E-state index contributed by atoms with van der Waals surface area (Å²) in [6, 6.07) is 12.7. The van der Waals surface area contributed by atoms with E-state index in [1.54, 1.807) is 23.1 Å². The number of nitrogens with zero attached hydrogens (tertiary/aromatic N) is 3. The molecule has 176 valence electrons. The summed E-state index contributed by atoms with van der Waals surface area (Å²) < 4.78 is 2.24. The average Bonchev–Trinajstić information content (AvgIpc) is 3.30. The molecule has 0 spiro atoms. The first-order chi connectivity index (χ1) is 16.5. The van der Waals surface area contributed by atoms with Crippen molar-refractivity contribution < 1.29 is 9.59 Å². The summed E-state index contributed by atoms with van der Waals surface area (Å²) in [4.78, 5) is 32.4. The Bertz CT molecular complexity index is 1200. The van der Waals surface area contributed by atoms with Crippen LogP contribution in [0, 0.1) is 5.92 Å². The summed E-state index contributed by atoms with van der Waals surface area (Å²) in [5.74, 6) is 0.677. The SMILES string of the molecule is O=C(Nc1ccc(-c2cn3c(n2)CCCC3)cc1)C1CCCN(C(=O)c2ccc(Cl)c(Cl)c2)C1. The van der Waals surface area contributed by atoms with Crippen LogP contribution >= 0.6 is 23.2 Å². The van der Waals surface area contributed by atoms with Crippen LogP contribution in [0.4, 0.5) is 5.69 Å². The van der Waals surface area contributed by atoms with Crippen LogP contribution in [-0.4, -0.2) is 39.4 Å². The maximum atomic E-state index is 13.0. The minimum Gasteiger partial charge on any atom is -0.338 e. The van der Waals surface area contributed by atoms with E-state index in [1.807, 2.05) is 24.3 Å². The molecule has 1 fully saturated rings. The van der Waals surface area contributed by atoms with Crippen molar-refractivity contribution in [2.45, 2.75) is 38.6 Å². The molecule has 1 saturated heterocycles. The Morgan fingerprint density at radius 3 is 2.56 bits per heavy atom. The molecule has 8 heteroatoms. The number of carbonyl (C=O) groups is 2. The Hall–Kier alpha value is -2.83. The standard InChI is InChI=1S/C26H26Cl2N4O2/c27-21-11-8-18(14-22(21)28)26(34)32-13-3-4-19(15-32)25(33)29-20-9-6-17(7-10-20)23-16-31-12-2-1-5-24(31)30-23/h6-11,14,16,19H,1-5,12-13,15H2,(H,29,33). The number of benzene rings is 2. The van der Waals surface area contributed by atoms with Crippen LogP contribution in [-0.2, 0) is 17.8 Å². The minimum atomic E-state index is -0.264. The minimum absolute atomic E-state index is 0.0724. The lowest BCUT2D eigenvalue weighted by Gasteiger charge is -2.32. The molecular weight excluding hydrogens is 471 g/mol. The lowest BCUT2D eigenvalue weighted by molar-refractivity contribution is -0.121. The quantitative estimate of drug-likeness (QED) is 0.504. The van der Waals surface area contributed by atoms with Gasteiger partial charge in [0.05, 0.1) is 21.7 Å². The highest BCUT2D eigenvalue weighted by Crippen LogP contribution is 2.27. The smallest absolute Gasteiger partial charge is 0.253 e. The number of imidazole rings is 1. The van der Waals surface area contributed by atoms with E-state index < -0.39 is 0 Å². The highest BCUT2D eigenvalue weighted by molar-refractivity contribution is 6.42. The van der Waals surface area contributed by atoms with Crippen molar-refractivity contribution in [3.63, 3.8) is 0 Å². The number of halogens is 2. The highest BCUT2D eigenvalue weighted by atomic mass is 35.5. The van der Waals surface area contributed by atoms with Gasteiger partial charge in [0.2, 0.25) is 5.91 Å². The predicted molar refractivity (Wildman–Crippen MR) is 134 cm³/mol. The van der Waals surface area contributed by atoms with Gasteiger partial charge in [-0.3, -0.25) is 9.59 Å². The van der Waals surface area contributed by atoms with Gasteiger partial charge in [-0.15, -0.1) is 0 Å². The summed E-state index contributed by atoms with van der Waals surface area (Å²) >= 11 is 12.0. The Kier molecular flexibility index (Phi) is 6.61. The van der Waals surface area contributed by atoms with Crippen molar-refractivity contribution >= 4 is 40.7 Å². The molecule has 0 bridgehead atoms. The number of carbonyl (C=O) groups excluding carboxylic acids is 2. The van der Waals surface area contributed by atoms with Crippen molar-refractivity contribution in [2.24, 2.45) is 5.92 Å². The Labute approximate surface area is 208 Å². The van der Waals surface area contributed by atoms with Crippen LogP contribution in [0.1, 0.15) is 41.9 Å². The molecule has 1 unspecified atom stereocenters. The molecule has 0 aliphatic carbocycles. The number of rotatable bonds is 4. The number of likely N-dealkylation sites (tertiary alicyclic amines) is 1. The van der Waals surface area contributed by atoms with Crippen LogP contribution in [0.5, 0.6) is 0 Å². The van der Waals surface area contributed by atoms with E-state index >= 15 is 0 Å². The van der Waals surface area contributed by atoms with E-state index in [9.17, 15) is 9.59 Å². The summed E-state index contributed by atoms with van der Waals surface area (Å²) in [6.07, 6.45) is 7.05. The van der Waals surface area contributed by atoms with Gasteiger partial charge in [-0.25, -0.2) is 4.98 Å². The maximum Gasteiger partial charge on any atom is 0.253 e. The number of anilines is 1. The molecule has 2 amide bonds. The molecular formula is C26H26Cl2N4O2. The van der Waals surface area contributed by atoms with Crippen LogP contribution in [0.2, 0.25) is 10.0 Å². The van der Waals surface area contributed by atoms with Gasteiger partial charge in [0.15, 0.2) is 0 Å². The van der Waals surface area contributed by atoms with Gasteiger partial charge < -0.3 is 14.8 Å². The molecule has 0 radical (unpaired) electrons. The molecule has 1 atom stereocenters. The van der Waals surface area contributed by atoms with Crippen molar-refractivity contribution in [1.82, 2.24) is 14.5 Å². The van der Waals surface area contributed by atoms with E-state index in [-0.39, 0.29) is 17.7 Å². The van der Waals surface area contributed by atoms with Crippen LogP contribution in [0.25, 0.3) is 11.3 Å².